The fraction of sp³-hybridized carbons (Fsp3) is 0.562. The summed E-state index contributed by atoms with van der Waals surface area (Å²) in [6.45, 7) is 3.29. The van der Waals surface area contributed by atoms with E-state index in [1.165, 1.54) is 24.3 Å². The molecule has 7 heteroatoms. The molecule has 0 bridgehead atoms. The van der Waals surface area contributed by atoms with Crippen molar-refractivity contribution in [3.63, 3.8) is 0 Å². The minimum atomic E-state index is -3.27. The van der Waals surface area contributed by atoms with Gasteiger partial charge in [0.25, 0.3) is 0 Å². The van der Waals surface area contributed by atoms with Gasteiger partial charge in [-0.2, -0.15) is 0 Å². The third kappa shape index (κ3) is 5.00. The molecule has 0 unspecified atom stereocenters. The number of hydrogen-bond donors (Lipinski definition) is 2. The van der Waals surface area contributed by atoms with Crippen LogP contribution in [0, 0.1) is 11.7 Å². The molecule has 1 aromatic rings. The van der Waals surface area contributed by atoms with Gasteiger partial charge in [0.05, 0.1) is 5.25 Å². The van der Waals surface area contributed by atoms with Crippen molar-refractivity contribution in [2.75, 3.05) is 5.32 Å². The summed E-state index contributed by atoms with van der Waals surface area (Å²) in [7, 11) is -3.27. The van der Waals surface area contributed by atoms with E-state index in [1.807, 2.05) is 0 Å². The molecule has 0 saturated heterocycles. The van der Waals surface area contributed by atoms with Crippen molar-refractivity contribution in [1.82, 2.24) is 4.72 Å². The minimum absolute atomic E-state index is 0.0956. The molecule has 0 spiro atoms. The second-order valence-corrected chi connectivity index (χ2v) is 8.52. The molecule has 128 valence electrons. The Bertz CT molecular complexity index is 636. The summed E-state index contributed by atoms with van der Waals surface area (Å²) in [6, 6.07) is 5.54. The summed E-state index contributed by atoms with van der Waals surface area (Å²) in [6.07, 6.45) is 2.57. The van der Waals surface area contributed by atoms with Gasteiger partial charge in [-0.25, -0.2) is 17.5 Å². The summed E-state index contributed by atoms with van der Waals surface area (Å²) in [5, 5.41) is 2.32. The van der Waals surface area contributed by atoms with E-state index in [0.29, 0.717) is 31.4 Å². The van der Waals surface area contributed by atoms with Crippen LogP contribution in [-0.4, -0.2) is 25.6 Å². The number of carbonyl (C=O) groups excluding carboxylic acids is 1. The van der Waals surface area contributed by atoms with Gasteiger partial charge in [-0.3, -0.25) is 4.79 Å². The molecular formula is C16H23FN2O3S. The molecule has 1 aliphatic carbocycles. The quantitative estimate of drug-likeness (QED) is 0.864. The van der Waals surface area contributed by atoms with Crippen molar-refractivity contribution in [2.24, 2.45) is 5.92 Å². The fourth-order valence-corrected chi connectivity index (χ4v) is 3.59. The van der Waals surface area contributed by atoms with Gasteiger partial charge in [-0.05, 0) is 63.8 Å². The Morgan fingerprint density at radius 3 is 2.22 bits per heavy atom. The predicted molar refractivity (Wildman–Crippen MR) is 88.0 cm³/mol. The van der Waals surface area contributed by atoms with Crippen molar-refractivity contribution < 1.29 is 17.6 Å². The van der Waals surface area contributed by atoms with E-state index in [2.05, 4.69) is 10.0 Å². The smallest absolute Gasteiger partial charge is 0.227 e. The van der Waals surface area contributed by atoms with E-state index in [1.54, 1.807) is 13.8 Å². The molecule has 0 atom stereocenters. The highest BCUT2D eigenvalue weighted by molar-refractivity contribution is 7.90. The standard InChI is InChI=1S/C16H23FN2O3S/c1-11(2)23(21,22)19-15-7-3-12(4-8-15)16(20)18-14-9-5-13(17)6-10-14/h5-6,9-12,15,19H,3-4,7-8H2,1-2H3,(H,18,20). The van der Waals surface area contributed by atoms with Crippen LogP contribution in [0.5, 0.6) is 0 Å². The zero-order valence-corrected chi connectivity index (χ0v) is 14.2. The predicted octanol–water partition coefficient (Wildman–Crippen LogP) is 2.65. The Morgan fingerprint density at radius 2 is 1.70 bits per heavy atom. The van der Waals surface area contributed by atoms with Crippen molar-refractivity contribution in [1.29, 1.82) is 0 Å². The van der Waals surface area contributed by atoms with Crippen LogP contribution < -0.4 is 10.0 Å². The molecule has 1 fully saturated rings. The van der Waals surface area contributed by atoms with Gasteiger partial charge in [0.1, 0.15) is 5.82 Å². The first-order valence-electron chi connectivity index (χ1n) is 7.85. The molecule has 2 N–H and O–H groups in total. The maximum Gasteiger partial charge on any atom is 0.227 e. The zero-order chi connectivity index (χ0) is 17.0. The van der Waals surface area contributed by atoms with E-state index in [0.717, 1.165) is 0 Å². The van der Waals surface area contributed by atoms with Gasteiger partial charge >= 0.3 is 0 Å². The lowest BCUT2D eigenvalue weighted by molar-refractivity contribution is -0.120. The Balaban J connectivity index is 1.84. The average Bonchev–Trinajstić information content (AvgIpc) is 2.49. The van der Waals surface area contributed by atoms with Crippen LogP contribution in [0.1, 0.15) is 39.5 Å². The average molecular weight is 342 g/mol. The third-order valence-electron chi connectivity index (χ3n) is 4.16. The second kappa shape index (κ2) is 7.40. The number of benzene rings is 1. The number of nitrogens with one attached hydrogen (secondary N) is 2. The van der Waals surface area contributed by atoms with Gasteiger partial charge in [-0.15, -0.1) is 0 Å². The number of carbonyl (C=O) groups is 1. The molecule has 0 aromatic heterocycles. The molecule has 1 amide bonds. The van der Waals surface area contributed by atoms with Crippen LogP contribution >= 0.6 is 0 Å². The Kier molecular flexibility index (Phi) is 5.75. The number of rotatable bonds is 5. The highest BCUT2D eigenvalue weighted by Gasteiger charge is 2.29. The van der Waals surface area contributed by atoms with Gasteiger partial charge < -0.3 is 5.32 Å². The van der Waals surface area contributed by atoms with E-state index in [4.69, 9.17) is 0 Å². The summed E-state index contributed by atoms with van der Waals surface area (Å²) in [5.74, 6) is -0.581. The second-order valence-electron chi connectivity index (χ2n) is 6.26. The lowest BCUT2D eigenvalue weighted by atomic mass is 9.86. The zero-order valence-electron chi connectivity index (χ0n) is 13.4. The molecule has 1 aliphatic rings. The summed E-state index contributed by atoms with van der Waals surface area (Å²) in [4.78, 5) is 12.2. The van der Waals surface area contributed by atoms with E-state index in [9.17, 15) is 17.6 Å². The SMILES string of the molecule is CC(C)S(=O)(=O)NC1CCC(C(=O)Nc2ccc(F)cc2)CC1. The van der Waals surface area contributed by atoms with Crippen LogP contribution in [0.25, 0.3) is 0 Å². The molecule has 0 radical (unpaired) electrons. The van der Waals surface area contributed by atoms with Gasteiger partial charge in [-0.1, -0.05) is 0 Å². The maximum absolute atomic E-state index is 12.8. The lowest BCUT2D eigenvalue weighted by Crippen LogP contribution is -2.42. The summed E-state index contributed by atoms with van der Waals surface area (Å²) >= 11 is 0. The van der Waals surface area contributed by atoms with E-state index < -0.39 is 15.3 Å². The summed E-state index contributed by atoms with van der Waals surface area (Å²) in [5.41, 5.74) is 0.569. The van der Waals surface area contributed by atoms with Crippen LogP contribution in [0.2, 0.25) is 0 Å². The Hall–Kier alpha value is -1.47. The first kappa shape index (κ1) is 17.9. The maximum atomic E-state index is 12.8. The van der Waals surface area contributed by atoms with E-state index >= 15 is 0 Å². The monoisotopic (exact) mass is 342 g/mol. The van der Waals surface area contributed by atoms with Gasteiger partial charge in [0, 0.05) is 17.6 Å². The molecule has 23 heavy (non-hydrogen) atoms. The highest BCUT2D eigenvalue weighted by Crippen LogP contribution is 2.26. The fourth-order valence-electron chi connectivity index (χ4n) is 2.62. The topological polar surface area (TPSA) is 75.3 Å². The van der Waals surface area contributed by atoms with Crippen LogP contribution in [0.15, 0.2) is 24.3 Å². The largest absolute Gasteiger partial charge is 0.326 e. The number of sulfonamides is 1. The Labute approximate surface area is 136 Å². The van der Waals surface area contributed by atoms with Crippen LogP contribution in [0.4, 0.5) is 10.1 Å². The van der Waals surface area contributed by atoms with Crippen LogP contribution in [0.3, 0.4) is 0 Å². The normalized spacial score (nSPS) is 22.1. The number of amides is 1. The lowest BCUT2D eigenvalue weighted by Gasteiger charge is -2.28. The van der Waals surface area contributed by atoms with Crippen molar-refractivity contribution in [3.05, 3.63) is 30.1 Å². The molecular weight excluding hydrogens is 319 g/mol. The number of hydrogen-bond acceptors (Lipinski definition) is 3. The molecule has 0 aliphatic heterocycles. The number of halogens is 1. The minimum Gasteiger partial charge on any atom is -0.326 e. The van der Waals surface area contributed by atoms with Gasteiger partial charge in [0.2, 0.25) is 15.9 Å². The molecule has 0 heterocycles. The molecule has 5 nitrogen and oxygen atoms in total. The van der Waals surface area contributed by atoms with Crippen molar-refractivity contribution in [2.45, 2.75) is 50.8 Å². The Morgan fingerprint density at radius 1 is 1.13 bits per heavy atom. The van der Waals surface area contributed by atoms with Gasteiger partial charge in [0.15, 0.2) is 0 Å². The third-order valence-corrected chi connectivity index (χ3v) is 6.06. The van der Waals surface area contributed by atoms with Crippen molar-refractivity contribution >= 4 is 21.6 Å². The first-order valence-corrected chi connectivity index (χ1v) is 9.40. The molecule has 1 saturated carbocycles. The molecule has 2 rings (SSSR count). The number of anilines is 1. The van der Waals surface area contributed by atoms with E-state index in [-0.39, 0.29) is 23.7 Å². The highest BCUT2D eigenvalue weighted by atomic mass is 32.2. The summed E-state index contributed by atoms with van der Waals surface area (Å²) < 4.78 is 39.3. The first-order chi connectivity index (χ1) is 10.8. The van der Waals surface area contributed by atoms with Crippen LogP contribution in [-0.2, 0) is 14.8 Å². The van der Waals surface area contributed by atoms with Crippen molar-refractivity contribution in [3.8, 4) is 0 Å². The molecule has 1 aromatic carbocycles.